The summed E-state index contributed by atoms with van der Waals surface area (Å²) in [7, 11) is 0. The molecule has 1 unspecified atom stereocenters. The fourth-order valence-electron chi connectivity index (χ4n) is 3.08. The van der Waals surface area contributed by atoms with Gasteiger partial charge in [-0.05, 0) is 61.7 Å². The maximum Gasteiger partial charge on any atom is 0.255 e. The zero-order valence-electron chi connectivity index (χ0n) is 16.3. The van der Waals surface area contributed by atoms with Crippen molar-refractivity contribution in [2.75, 3.05) is 5.32 Å². The predicted octanol–water partition coefficient (Wildman–Crippen LogP) is 5.05. The van der Waals surface area contributed by atoms with Crippen LogP contribution in [0.1, 0.15) is 50.4 Å². The van der Waals surface area contributed by atoms with E-state index in [1.54, 1.807) is 24.3 Å². The lowest BCUT2D eigenvalue weighted by Crippen LogP contribution is -2.26. The molecule has 2 amide bonds. The van der Waals surface area contributed by atoms with E-state index in [9.17, 15) is 9.59 Å². The normalized spacial score (nSPS) is 11.5. The molecule has 0 aliphatic rings. The maximum absolute atomic E-state index is 12.6. The first kappa shape index (κ1) is 19.4. The van der Waals surface area contributed by atoms with Crippen LogP contribution in [0.15, 0.2) is 72.8 Å². The molecular weight excluding hydrogens is 348 g/mol. The second-order valence-corrected chi connectivity index (χ2v) is 6.90. The van der Waals surface area contributed by atoms with Gasteiger partial charge in [0.25, 0.3) is 11.8 Å². The van der Waals surface area contributed by atoms with Crippen molar-refractivity contribution in [3.63, 3.8) is 0 Å². The Labute approximate surface area is 165 Å². The lowest BCUT2D eigenvalue weighted by molar-refractivity contribution is 0.0938. The van der Waals surface area contributed by atoms with Gasteiger partial charge in [0, 0.05) is 16.8 Å². The van der Waals surface area contributed by atoms with Crippen LogP contribution in [0.5, 0.6) is 0 Å². The van der Waals surface area contributed by atoms with E-state index in [4.69, 9.17) is 0 Å². The number of hydrogen-bond acceptors (Lipinski definition) is 2. The molecule has 0 bridgehead atoms. The zero-order valence-corrected chi connectivity index (χ0v) is 16.3. The molecular formula is C24H24N2O2. The molecule has 3 rings (SSSR count). The summed E-state index contributed by atoms with van der Waals surface area (Å²) in [5.41, 5.74) is 4.92. The highest BCUT2D eigenvalue weighted by atomic mass is 16.2. The van der Waals surface area contributed by atoms with E-state index in [0.717, 1.165) is 22.4 Å². The van der Waals surface area contributed by atoms with E-state index in [-0.39, 0.29) is 17.9 Å². The first-order valence-corrected chi connectivity index (χ1v) is 9.29. The number of benzene rings is 3. The average Bonchev–Trinajstić information content (AvgIpc) is 2.71. The van der Waals surface area contributed by atoms with Crippen LogP contribution in [0.25, 0.3) is 0 Å². The fourth-order valence-corrected chi connectivity index (χ4v) is 3.08. The van der Waals surface area contributed by atoms with Crippen molar-refractivity contribution in [2.24, 2.45) is 0 Å². The van der Waals surface area contributed by atoms with E-state index in [1.165, 1.54) is 0 Å². The van der Waals surface area contributed by atoms with Gasteiger partial charge in [-0.1, -0.05) is 48.5 Å². The van der Waals surface area contributed by atoms with Crippen molar-refractivity contribution in [1.82, 2.24) is 5.32 Å². The minimum absolute atomic E-state index is 0.0966. The molecule has 1 atom stereocenters. The Morgan fingerprint density at radius 3 is 1.82 bits per heavy atom. The molecule has 0 saturated carbocycles. The third-order valence-corrected chi connectivity index (χ3v) is 4.78. The smallest absolute Gasteiger partial charge is 0.255 e. The predicted molar refractivity (Wildman–Crippen MR) is 113 cm³/mol. The van der Waals surface area contributed by atoms with Gasteiger partial charge in [-0.2, -0.15) is 0 Å². The number of rotatable bonds is 5. The quantitative estimate of drug-likeness (QED) is 0.659. The van der Waals surface area contributed by atoms with Gasteiger partial charge >= 0.3 is 0 Å². The maximum atomic E-state index is 12.6. The van der Waals surface area contributed by atoms with Crippen LogP contribution in [-0.4, -0.2) is 11.8 Å². The van der Waals surface area contributed by atoms with Gasteiger partial charge in [-0.15, -0.1) is 0 Å². The van der Waals surface area contributed by atoms with E-state index in [1.807, 2.05) is 69.3 Å². The second-order valence-electron chi connectivity index (χ2n) is 6.90. The average molecular weight is 372 g/mol. The summed E-state index contributed by atoms with van der Waals surface area (Å²) in [6.07, 6.45) is 0. The van der Waals surface area contributed by atoms with Crippen LogP contribution in [0.2, 0.25) is 0 Å². The molecule has 0 radical (unpaired) electrons. The van der Waals surface area contributed by atoms with Crippen molar-refractivity contribution in [2.45, 2.75) is 26.8 Å². The number of hydrogen-bond donors (Lipinski definition) is 2. The molecule has 142 valence electrons. The topological polar surface area (TPSA) is 58.2 Å². The van der Waals surface area contributed by atoms with Crippen molar-refractivity contribution >= 4 is 17.5 Å². The van der Waals surface area contributed by atoms with Crippen LogP contribution >= 0.6 is 0 Å². The summed E-state index contributed by atoms with van der Waals surface area (Å²) < 4.78 is 0. The zero-order chi connectivity index (χ0) is 20.1. The number of carbonyl (C=O) groups is 2. The first-order chi connectivity index (χ1) is 13.5. The molecule has 0 aromatic heterocycles. The number of nitrogens with one attached hydrogen (secondary N) is 2. The molecule has 4 heteroatoms. The summed E-state index contributed by atoms with van der Waals surface area (Å²) >= 11 is 0. The summed E-state index contributed by atoms with van der Waals surface area (Å²) in [4.78, 5) is 25.0. The van der Waals surface area contributed by atoms with Crippen LogP contribution in [0.4, 0.5) is 5.69 Å². The number of amides is 2. The van der Waals surface area contributed by atoms with Gasteiger partial charge in [0.1, 0.15) is 0 Å². The van der Waals surface area contributed by atoms with Crippen molar-refractivity contribution in [1.29, 1.82) is 0 Å². The monoisotopic (exact) mass is 372 g/mol. The Morgan fingerprint density at radius 2 is 1.25 bits per heavy atom. The Bertz CT molecular complexity index is 959. The van der Waals surface area contributed by atoms with Crippen molar-refractivity contribution < 1.29 is 9.59 Å². The highest BCUT2D eigenvalue weighted by molar-refractivity contribution is 6.05. The highest BCUT2D eigenvalue weighted by Gasteiger charge is 2.13. The lowest BCUT2D eigenvalue weighted by Gasteiger charge is -2.14. The number of anilines is 1. The first-order valence-electron chi connectivity index (χ1n) is 9.29. The summed E-state index contributed by atoms with van der Waals surface area (Å²) in [5, 5.41) is 5.93. The molecule has 0 saturated heterocycles. The molecule has 0 aliphatic heterocycles. The minimum atomic E-state index is -0.193. The second kappa shape index (κ2) is 8.53. The van der Waals surface area contributed by atoms with Crippen LogP contribution in [0, 0.1) is 13.8 Å². The van der Waals surface area contributed by atoms with E-state index >= 15 is 0 Å². The number of aryl methyl sites for hydroxylation is 2. The third-order valence-electron chi connectivity index (χ3n) is 4.78. The largest absolute Gasteiger partial charge is 0.346 e. The Hall–Kier alpha value is -3.40. The molecule has 0 fully saturated rings. The molecule has 28 heavy (non-hydrogen) atoms. The van der Waals surface area contributed by atoms with Gasteiger partial charge in [0.2, 0.25) is 0 Å². The van der Waals surface area contributed by atoms with Crippen LogP contribution in [-0.2, 0) is 0 Å². The molecule has 2 N–H and O–H groups in total. The van der Waals surface area contributed by atoms with Gasteiger partial charge < -0.3 is 10.6 Å². The third kappa shape index (κ3) is 4.46. The standard InChI is InChI=1S/C24H24N2O2/c1-16-8-7-9-17(2)22(16)26-24(28)21-14-12-20(13-15-21)23(27)25-18(3)19-10-5-4-6-11-19/h4-15,18H,1-3H3,(H,25,27)(H,26,28). The molecule has 3 aromatic carbocycles. The molecule has 0 spiro atoms. The number of para-hydroxylation sites is 1. The van der Waals surface area contributed by atoms with Crippen molar-refractivity contribution in [3.05, 3.63) is 101 Å². The van der Waals surface area contributed by atoms with E-state index < -0.39 is 0 Å². The van der Waals surface area contributed by atoms with Gasteiger partial charge in [-0.25, -0.2) is 0 Å². The highest BCUT2D eigenvalue weighted by Crippen LogP contribution is 2.20. The minimum Gasteiger partial charge on any atom is -0.346 e. The fraction of sp³-hybridized carbons (Fsp3) is 0.167. The Kier molecular flexibility index (Phi) is 5.90. The number of carbonyl (C=O) groups excluding carboxylic acids is 2. The molecule has 0 aliphatic carbocycles. The summed E-state index contributed by atoms with van der Waals surface area (Å²) in [6.45, 7) is 5.87. The molecule has 3 aromatic rings. The van der Waals surface area contributed by atoms with E-state index in [2.05, 4.69) is 10.6 Å². The molecule has 4 nitrogen and oxygen atoms in total. The van der Waals surface area contributed by atoms with Gasteiger partial charge in [-0.3, -0.25) is 9.59 Å². The summed E-state index contributed by atoms with van der Waals surface area (Å²) in [6, 6.07) is 22.3. The van der Waals surface area contributed by atoms with Crippen LogP contribution < -0.4 is 10.6 Å². The lowest BCUT2D eigenvalue weighted by atomic mass is 10.1. The summed E-state index contributed by atoms with van der Waals surface area (Å²) in [5.74, 6) is -0.361. The molecule has 0 heterocycles. The van der Waals surface area contributed by atoms with E-state index in [0.29, 0.717) is 11.1 Å². The van der Waals surface area contributed by atoms with Crippen LogP contribution in [0.3, 0.4) is 0 Å². The Morgan fingerprint density at radius 1 is 0.714 bits per heavy atom. The SMILES string of the molecule is Cc1cccc(C)c1NC(=O)c1ccc(C(=O)NC(C)c2ccccc2)cc1. The van der Waals surface area contributed by atoms with Gasteiger partial charge in [0.05, 0.1) is 6.04 Å². The van der Waals surface area contributed by atoms with Gasteiger partial charge in [0.15, 0.2) is 0 Å². The van der Waals surface area contributed by atoms with Crippen molar-refractivity contribution in [3.8, 4) is 0 Å². The Balaban J connectivity index is 1.67.